The van der Waals surface area contributed by atoms with E-state index in [1.54, 1.807) is 0 Å². The van der Waals surface area contributed by atoms with E-state index in [-0.39, 0.29) is 0 Å². The first-order valence-corrected chi connectivity index (χ1v) is 21.7. The van der Waals surface area contributed by atoms with Crippen molar-refractivity contribution in [1.29, 1.82) is 0 Å². The molecule has 0 N–H and O–H groups in total. The lowest BCUT2D eigenvalue weighted by Gasteiger charge is -2.12. The van der Waals surface area contributed by atoms with E-state index >= 15 is 0 Å². The zero-order chi connectivity index (χ0) is 41.9. The first-order chi connectivity index (χ1) is 31.7. The molecule has 0 aliphatic rings. The van der Waals surface area contributed by atoms with Crippen LogP contribution in [0.2, 0.25) is 0 Å². The third-order valence-corrected chi connectivity index (χ3v) is 13.3. The molecule has 0 aliphatic carbocycles. The number of furan rings is 1. The second kappa shape index (κ2) is 13.4. The van der Waals surface area contributed by atoms with Gasteiger partial charge in [0.25, 0.3) is 0 Å². The molecule has 0 saturated heterocycles. The van der Waals surface area contributed by atoms with Gasteiger partial charge in [-0.05, 0) is 113 Å². The summed E-state index contributed by atoms with van der Waals surface area (Å²) in [6, 6.07) is 83.0. The van der Waals surface area contributed by atoms with Crippen molar-refractivity contribution in [3.63, 3.8) is 0 Å². The van der Waals surface area contributed by atoms with Gasteiger partial charge < -0.3 is 18.1 Å². The van der Waals surface area contributed by atoms with Gasteiger partial charge in [0, 0.05) is 55.1 Å². The Labute approximate surface area is 367 Å². The Morgan fingerprint density at radius 2 is 0.828 bits per heavy atom. The van der Waals surface area contributed by atoms with Crippen molar-refractivity contribution in [2.45, 2.75) is 0 Å². The van der Waals surface area contributed by atoms with E-state index in [4.69, 9.17) is 4.42 Å². The van der Waals surface area contributed by atoms with Crippen LogP contribution in [0.15, 0.2) is 217 Å². The Kier molecular flexibility index (Phi) is 7.28. The molecular formula is C60H35N3O. The summed E-state index contributed by atoms with van der Waals surface area (Å²) >= 11 is 0. The number of fused-ring (bicyclic) bond motifs is 12. The molecule has 4 nitrogen and oxygen atoms in total. The molecule has 0 radical (unpaired) electrons. The van der Waals surface area contributed by atoms with Gasteiger partial charge in [0.1, 0.15) is 11.2 Å². The van der Waals surface area contributed by atoms with E-state index in [0.29, 0.717) is 0 Å². The predicted octanol–water partition coefficient (Wildman–Crippen LogP) is 15.8. The molecular weight excluding hydrogens is 779 g/mol. The molecule has 0 unspecified atom stereocenters. The van der Waals surface area contributed by atoms with Crippen molar-refractivity contribution in [2.24, 2.45) is 0 Å². The number of para-hydroxylation sites is 3. The summed E-state index contributed by atoms with van der Waals surface area (Å²) < 4.78 is 13.8. The van der Waals surface area contributed by atoms with E-state index in [2.05, 4.69) is 238 Å². The third kappa shape index (κ3) is 5.01. The molecule has 14 aromatic rings. The van der Waals surface area contributed by atoms with Crippen LogP contribution in [-0.2, 0) is 0 Å². The van der Waals surface area contributed by atoms with Gasteiger partial charge in [-0.25, -0.2) is 0 Å². The number of hydrogen-bond donors (Lipinski definition) is 0. The normalized spacial score (nSPS) is 11.9. The van der Waals surface area contributed by atoms with E-state index in [1.165, 1.54) is 49.2 Å². The monoisotopic (exact) mass is 813 g/mol. The molecule has 4 heteroatoms. The van der Waals surface area contributed by atoms with Crippen molar-refractivity contribution < 1.29 is 4.42 Å². The van der Waals surface area contributed by atoms with Crippen molar-refractivity contribution in [2.75, 3.05) is 0 Å². The van der Waals surface area contributed by atoms with E-state index in [0.717, 1.165) is 77.5 Å². The average molecular weight is 814 g/mol. The standard InChI is InChI=1S/C60H35N3O/c1-2-14-38(15-3-1)39-16-12-17-40(34-39)41-28-33-58-50(35-41)60-57(26-13-27-59(60)64-58)63-54-25-11-7-21-47(54)49-37-43(30-32-56(49)63)62-53-24-10-6-20-46(53)48-36-42(29-31-55(48)62)61-51-22-8-4-18-44(51)45-19-5-9-23-52(45)61/h1-6,8-10,12-37H. The van der Waals surface area contributed by atoms with Crippen molar-refractivity contribution >= 4 is 87.4 Å². The van der Waals surface area contributed by atoms with Crippen LogP contribution >= 0.6 is 0 Å². The maximum Gasteiger partial charge on any atom is 0.137 e. The molecule has 0 fully saturated rings. The van der Waals surface area contributed by atoms with Crippen LogP contribution in [0.1, 0.15) is 0 Å². The van der Waals surface area contributed by atoms with Gasteiger partial charge in [-0.2, -0.15) is 0 Å². The fourth-order valence-electron chi connectivity index (χ4n) is 10.5. The van der Waals surface area contributed by atoms with Gasteiger partial charge in [-0.1, -0.05) is 127 Å². The molecule has 296 valence electrons. The van der Waals surface area contributed by atoms with Gasteiger partial charge in [-0.3, -0.25) is 0 Å². The molecule has 0 aliphatic heterocycles. The van der Waals surface area contributed by atoms with Crippen LogP contribution < -0.4 is 0 Å². The molecule has 0 spiro atoms. The summed E-state index contributed by atoms with van der Waals surface area (Å²) in [5.41, 5.74) is 16.6. The van der Waals surface area contributed by atoms with Gasteiger partial charge in [0.15, 0.2) is 0 Å². The first kappa shape index (κ1) is 34.9. The second-order valence-electron chi connectivity index (χ2n) is 16.7. The molecule has 0 bridgehead atoms. The molecule has 10 aromatic carbocycles. The molecule has 0 saturated carbocycles. The maximum atomic E-state index is 6.59. The van der Waals surface area contributed by atoms with E-state index in [9.17, 15) is 0 Å². The summed E-state index contributed by atoms with van der Waals surface area (Å²) in [4.78, 5) is 0. The lowest BCUT2D eigenvalue weighted by Crippen LogP contribution is -1.97. The Bertz CT molecular complexity index is 4140. The second-order valence-corrected chi connectivity index (χ2v) is 16.7. The minimum Gasteiger partial charge on any atom is -0.456 e. The quantitative estimate of drug-likeness (QED) is 0.170. The molecule has 0 atom stereocenters. The number of rotatable bonds is 5. The van der Waals surface area contributed by atoms with Gasteiger partial charge in [-0.15, -0.1) is 0 Å². The highest BCUT2D eigenvalue weighted by atomic mass is 16.3. The Balaban J connectivity index is 0.950. The molecule has 14 rings (SSSR count). The Morgan fingerprint density at radius 3 is 1.53 bits per heavy atom. The minimum atomic E-state index is 0.853. The molecule has 0 amide bonds. The smallest absolute Gasteiger partial charge is 0.137 e. The topological polar surface area (TPSA) is 27.9 Å². The number of nitrogens with zero attached hydrogens (tertiary/aromatic N) is 3. The fourth-order valence-corrected chi connectivity index (χ4v) is 10.5. The fraction of sp³-hybridized carbons (Fsp3) is 0. The summed E-state index contributed by atoms with van der Waals surface area (Å²) in [5, 5.41) is 9.37. The molecule has 4 aromatic heterocycles. The van der Waals surface area contributed by atoms with Crippen molar-refractivity contribution in [3.8, 4) is 39.3 Å². The number of benzene rings is 9. The van der Waals surface area contributed by atoms with Crippen LogP contribution in [0.5, 0.6) is 0 Å². The molecule has 4 heterocycles. The van der Waals surface area contributed by atoms with Gasteiger partial charge >= 0.3 is 0 Å². The summed E-state index contributed by atoms with van der Waals surface area (Å²) in [5.74, 6) is 0. The lowest BCUT2D eigenvalue weighted by molar-refractivity contribution is 0.669. The maximum absolute atomic E-state index is 6.59. The predicted molar refractivity (Wildman–Crippen MR) is 265 cm³/mol. The average Bonchev–Trinajstić information content (AvgIpc) is 4.10. The third-order valence-electron chi connectivity index (χ3n) is 13.3. The van der Waals surface area contributed by atoms with Crippen LogP contribution in [0, 0.1) is 12.1 Å². The Hall–Kier alpha value is -8.78. The zero-order valence-corrected chi connectivity index (χ0v) is 34.5. The zero-order valence-electron chi connectivity index (χ0n) is 34.5. The summed E-state index contributed by atoms with van der Waals surface area (Å²) in [7, 11) is 0. The van der Waals surface area contributed by atoms with E-state index < -0.39 is 0 Å². The highest BCUT2D eigenvalue weighted by Crippen LogP contribution is 2.42. The van der Waals surface area contributed by atoms with Gasteiger partial charge in [0.05, 0.1) is 44.2 Å². The van der Waals surface area contributed by atoms with Gasteiger partial charge in [0.2, 0.25) is 0 Å². The lowest BCUT2D eigenvalue weighted by atomic mass is 9.98. The van der Waals surface area contributed by atoms with Crippen LogP contribution in [0.25, 0.3) is 127 Å². The summed E-state index contributed by atoms with van der Waals surface area (Å²) in [6.45, 7) is 0. The molecule has 64 heavy (non-hydrogen) atoms. The highest BCUT2D eigenvalue weighted by molar-refractivity contribution is 6.16. The Morgan fingerprint density at radius 1 is 0.297 bits per heavy atom. The first-order valence-electron chi connectivity index (χ1n) is 21.7. The van der Waals surface area contributed by atoms with E-state index in [1.807, 2.05) is 0 Å². The van der Waals surface area contributed by atoms with Crippen molar-refractivity contribution in [3.05, 3.63) is 224 Å². The largest absolute Gasteiger partial charge is 0.456 e. The summed E-state index contributed by atoms with van der Waals surface area (Å²) in [6.07, 6.45) is 0. The highest BCUT2D eigenvalue weighted by Gasteiger charge is 2.21. The minimum absolute atomic E-state index is 0.853. The van der Waals surface area contributed by atoms with Crippen LogP contribution in [0.4, 0.5) is 0 Å². The number of aromatic nitrogens is 3. The SMILES string of the molecule is c1cc2c3cc(-n4c5ccccc5c5cc(-n6c7ccccc7c7ccccc76)ccc54)ccc3n(-c3cccc4oc5ccc(-c6cccc(-c7ccccc7)c6)cc5c34)c2cc#1. The van der Waals surface area contributed by atoms with Crippen molar-refractivity contribution in [1.82, 2.24) is 13.7 Å². The van der Waals surface area contributed by atoms with Crippen LogP contribution in [0.3, 0.4) is 0 Å². The van der Waals surface area contributed by atoms with Crippen LogP contribution in [-0.4, -0.2) is 13.7 Å². The number of hydrogen-bond acceptors (Lipinski definition) is 1.